The molecular formula is C20H21FN4O3. The third-order valence-electron chi connectivity index (χ3n) is 5.32. The smallest absolute Gasteiger partial charge is 0.341 e. The van der Waals surface area contributed by atoms with Gasteiger partial charge in [0.05, 0.1) is 16.6 Å². The number of likely N-dealkylation sites (N-methyl/N-ethyl adjacent to an activating group) is 1. The SMILES string of the molecule is CCn1cc(C(=O)O)c(=O)c2cc3cc(F)c(N4CCN(C)CC4)cc3nc21. The lowest BCUT2D eigenvalue weighted by Crippen LogP contribution is -2.44. The normalized spacial score (nSPS) is 15.5. The van der Waals surface area contributed by atoms with Gasteiger partial charge in [0.15, 0.2) is 0 Å². The van der Waals surface area contributed by atoms with E-state index in [1.165, 1.54) is 18.3 Å². The predicted octanol–water partition coefficient (Wildman–Crippen LogP) is 2.16. The standard InChI is InChI=1S/C20H21FN4O3/c1-3-24-11-14(20(27)28)18(26)13-8-12-9-15(21)17(10-16(12)22-19(13)24)25-6-4-23(2)5-7-25/h8-11H,3-7H2,1-2H3,(H,27,28). The molecule has 0 unspecified atom stereocenters. The zero-order chi connectivity index (χ0) is 20.0. The summed E-state index contributed by atoms with van der Waals surface area (Å²) in [5.41, 5.74) is 0.559. The van der Waals surface area contributed by atoms with Crippen LogP contribution in [0.15, 0.2) is 29.2 Å². The third-order valence-corrected chi connectivity index (χ3v) is 5.32. The Morgan fingerprint density at radius 3 is 2.57 bits per heavy atom. The number of piperazine rings is 1. The van der Waals surface area contributed by atoms with Gasteiger partial charge in [-0.2, -0.15) is 0 Å². The van der Waals surface area contributed by atoms with E-state index in [1.54, 1.807) is 10.6 Å². The molecule has 0 atom stereocenters. The van der Waals surface area contributed by atoms with Crippen LogP contribution >= 0.6 is 0 Å². The number of carbonyl (C=O) groups is 1. The molecule has 0 aliphatic carbocycles. The van der Waals surface area contributed by atoms with Crippen molar-refractivity contribution in [2.24, 2.45) is 0 Å². The van der Waals surface area contributed by atoms with E-state index in [1.807, 2.05) is 18.9 Å². The molecule has 146 valence electrons. The van der Waals surface area contributed by atoms with Gasteiger partial charge >= 0.3 is 5.97 Å². The van der Waals surface area contributed by atoms with Crippen molar-refractivity contribution in [2.75, 3.05) is 38.1 Å². The zero-order valence-electron chi connectivity index (χ0n) is 15.8. The predicted molar refractivity (Wildman–Crippen MR) is 106 cm³/mol. The summed E-state index contributed by atoms with van der Waals surface area (Å²) in [6, 6.07) is 4.62. The van der Waals surface area contributed by atoms with Crippen LogP contribution in [0.3, 0.4) is 0 Å². The highest BCUT2D eigenvalue weighted by Crippen LogP contribution is 2.27. The number of fused-ring (bicyclic) bond motifs is 2. The molecule has 0 saturated carbocycles. The Labute approximate surface area is 160 Å². The Morgan fingerprint density at radius 1 is 1.21 bits per heavy atom. The molecule has 1 aromatic carbocycles. The van der Waals surface area contributed by atoms with Crippen LogP contribution in [0.4, 0.5) is 10.1 Å². The lowest BCUT2D eigenvalue weighted by molar-refractivity contribution is 0.0695. The van der Waals surface area contributed by atoms with Gasteiger partial charge < -0.3 is 19.5 Å². The van der Waals surface area contributed by atoms with Crippen molar-refractivity contribution in [2.45, 2.75) is 13.5 Å². The number of hydrogen-bond acceptors (Lipinski definition) is 5. The molecule has 0 spiro atoms. The molecule has 0 bridgehead atoms. The number of aryl methyl sites for hydroxylation is 1. The molecule has 1 N–H and O–H groups in total. The summed E-state index contributed by atoms with van der Waals surface area (Å²) in [6.45, 7) is 5.48. The second-order valence-electron chi connectivity index (χ2n) is 7.11. The quantitative estimate of drug-likeness (QED) is 0.698. The number of hydrogen-bond donors (Lipinski definition) is 1. The first kappa shape index (κ1) is 18.4. The maximum Gasteiger partial charge on any atom is 0.341 e. The molecule has 0 radical (unpaired) electrons. The van der Waals surface area contributed by atoms with E-state index >= 15 is 0 Å². The second-order valence-corrected chi connectivity index (χ2v) is 7.11. The molecule has 0 amide bonds. The highest BCUT2D eigenvalue weighted by Gasteiger charge is 2.20. The Hall–Kier alpha value is -3.00. The Balaban J connectivity index is 1.93. The van der Waals surface area contributed by atoms with Crippen molar-refractivity contribution >= 4 is 33.6 Å². The molecule has 1 aliphatic rings. The van der Waals surface area contributed by atoms with Crippen molar-refractivity contribution in [3.8, 4) is 0 Å². The minimum atomic E-state index is -1.29. The molecule has 3 heterocycles. The maximum atomic E-state index is 14.8. The number of carboxylic acids is 1. The fourth-order valence-corrected chi connectivity index (χ4v) is 3.66. The van der Waals surface area contributed by atoms with Crippen molar-refractivity contribution in [1.29, 1.82) is 0 Å². The molecule has 4 rings (SSSR count). The first-order valence-electron chi connectivity index (χ1n) is 9.23. The lowest BCUT2D eigenvalue weighted by atomic mass is 10.1. The number of pyridine rings is 2. The number of benzene rings is 1. The maximum absolute atomic E-state index is 14.8. The average molecular weight is 384 g/mol. The van der Waals surface area contributed by atoms with Gasteiger partial charge in [0, 0.05) is 44.3 Å². The minimum absolute atomic E-state index is 0.181. The summed E-state index contributed by atoms with van der Waals surface area (Å²) in [5, 5.41) is 9.96. The number of halogens is 1. The van der Waals surface area contributed by atoms with Gasteiger partial charge in [0.2, 0.25) is 5.43 Å². The number of anilines is 1. The van der Waals surface area contributed by atoms with Gasteiger partial charge in [0.1, 0.15) is 17.0 Å². The monoisotopic (exact) mass is 384 g/mol. The third kappa shape index (κ3) is 2.99. The van der Waals surface area contributed by atoms with Crippen LogP contribution in [0.5, 0.6) is 0 Å². The van der Waals surface area contributed by atoms with Crippen LogP contribution in [0.1, 0.15) is 17.3 Å². The van der Waals surface area contributed by atoms with E-state index < -0.39 is 11.4 Å². The first-order valence-corrected chi connectivity index (χ1v) is 9.23. The van der Waals surface area contributed by atoms with Crippen LogP contribution in [0.2, 0.25) is 0 Å². The fraction of sp³-hybridized carbons (Fsp3) is 0.350. The van der Waals surface area contributed by atoms with Gasteiger partial charge in [-0.05, 0) is 32.2 Å². The van der Waals surface area contributed by atoms with E-state index in [0.717, 1.165) is 26.2 Å². The summed E-state index contributed by atoms with van der Waals surface area (Å²) in [5.74, 6) is -1.66. The summed E-state index contributed by atoms with van der Waals surface area (Å²) in [6.07, 6.45) is 1.32. The number of aromatic nitrogens is 2. The number of rotatable bonds is 3. The summed E-state index contributed by atoms with van der Waals surface area (Å²) in [7, 11) is 2.04. The Bertz CT molecular complexity index is 1150. The van der Waals surface area contributed by atoms with Gasteiger partial charge in [-0.15, -0.1) is 0 Å². The molecule has 8 heteroatoms. The first-order chi connectivity index (χ1) is 13.4. The average Bonchev–Trinajstić information content (AvgIpc) is 2.67. The molecular weight excluding hydrogens is 363 g/mol. The second kappa shape index (κ2) is 6.87. The molecule has 28 heavy (non-hydrogen) atoms. The molecule has 7 nitrogen and oxygen atoms in total. The van der Waals surface area contributed by atoms with Crippen LogP contribution in [0.25, 0.3) is 21.9 Å². The topological polar surface area (TPSA) is 78.7 Å². The largest absolute Gasteiger partial charge is 0.477 e. The van der Waals surface area contributed by atoms with E-state index in [4.69, 9.17) is 0 Å². The van der Waals surface area contributed by atoms with Gasteiger partial charge in [-0.25, -0.2) is 14.2 Å². The van der Waals surface area contributed by atoms with E-state index in [9.17, 15) is 19.1 Å². The van der Waals surface area contributed by atoms with Crippen LogP contribution in [-0.2, 0) is 6.54 Å². The van der Waals surface area contributed by atoms with Gasteiger partial charge in [-0.1, -0.05) is 0 Å². The highest BCUT2D eigenvalue weighted by atomic mass is 19.1. The van der Waals surface area contributed by atoms with Gasteiger partial charge in [-0.3, -0.25) is 4.79 Å². The van der Waals surface area contributed by atoms with Gasteiger partial charge in [0.25, 0.3) is 0 Å². The Morgan fingerprint density at radius 2 is 1.93 bits per heavy atom. The minimum Gasteiger partial charge on any atom is -0.477 e. The molecule has 2 aromatic heterocycles. The lowest BCUT2D eigenvalue weighted by Gasteiger charge is -2.34. The van der Waals surface area contributed by atoms with E-state index in [-0.39, 0.29) is 16.8 Å². The zero-order valence-corrected chi connectivity index (χ0v) is 15.8. The summed E-state index contributed by atoms with van der Waals surface area (Å²) >= 11 is 0. The highest BCUT2D eigenvalue weighted by molar-refractivity contribution is 5.96. The summed E-state index contributed by atoms with van der Waals surface area (Å²) in [4.78, 5) is 32.7. The number of nitrogens with zero attached hydrogens (tertiary/aromatic N) is 4. The Kier molecular flexibility index (Phi) is 4.50. The van der Waals surface area contributed by atoms with Crippen LogP contribution < -0.4 is 10.3 Å². The van der Waals surface area contributed by atoms with Crippen LogP contribution in [0, 0.1) is 5.82 Å². The van der Waals surface area contributed by atoms with Crippen molar-refractivity contribution < 1.29 is 14.3 Å². The number of carboxylic acid groups (broad SMARTS) is 1. The molecule has 1 fully saturated rings. The van der Waals surface area contributed by atoms with Crippen molar-refractivity contribution in [3.05, 3.63) is 46.0 Å². The van der Waals surface area contributed by atoms with E-state index in [0.29, 0.717) is 28.8 Å². The summed E-state index contributed by atoms with van der Waals surface area (Å²) < 4.78 is 16.4. The number of aromatic carboxylic acids is 1. The fourth-order valence-electron chi connectivity index (χ4n) is 3.66. The molecule has 1 saturated heterocycles. The molecule has 3 aromatic rings. The van der Waals surface area contributed by atoms with Crippen molar-refractivity contribution in [3.63, 3.8) is 0 Å². The van der Waals surface area contributed by atoms with E-state index in [2.05, 4.69) is 9.88 Å². The van der Waals surface area contributed by atoms with Crippen molar-refractivity contribution in [1.82, 2.24) is 14.5 Å². The molecule has 1 aliphatic heterocycles. The van der Waals surface area contributed by atoms with Crippen LogP contribution in [-0.4, -0.2) is 58.8 Å².